The Hall–Kier alpha value is -2.04. The van der Waals surface area contributed by atoms with Crippen molar-refractivity contribution in [3.05, 3.63) is 29.3 Å². The summed E-state index contributed by atoms with van der Waals surface area (Å²) in [5.41, 5.74) is -0.0748. The second kappa shape index (κ2) is 9.82. The number of aromatic carboxylic acids is 1. The third-order valence-electron chi connectivity index (χ3n) is 3.39. The van der Waals surface area contributed by atoms with Crippen molar-refractivity contribution >= 4 is 11.9 Å². The predicted octanol–water partition coefficient (Wildman–Crippen LogP) is 3.91. The van der Waals surface area contributed by atoms with Crippen molar-refractivity contribution in [1.82, 2.24) is 0 Å². The molecule has 0 aromatic heterocycles. The molecular formula is C17H24O5. The molecule has 1 rings (SSSR count). The van der Waals surface area contributed by atoms with E-state index in [4.69, 9.17) is 9.84 Å². The molecule has 0 radical (unpaired) electrons. The van der Waals surface area contributed by atoms with Gasteiger partial charge >= 0.3 is 11.9 Å². The summed E-state index contributed by atoms with van der Waals surface area (Å²) in [6.07, 6.45) is 6.98. The van der Waals surface area contributed by atoms with Crippen LogP contribution in [0.25, 0.3) is 0 Å². The first-order valence-corrected chi connectivity index (χ1v) is 7.68. The van der Waals surface area contributed by atoms with Crippen LogP contribution in [0.5, 0.6) is 5.75 Å². The first-order valence-electron chi connectivity index (χ1n) is 7.68. The summed E-state index contributed by atoms with van der Waals surface area (Å²) in [5.74, 6) is -1.36. The molecule has 0 bridgehead atoms. The van der Waals surface area contributed by atoms with Gasteiger partial charge < -0.3 is 14.6 Å². The van der Waals surface area contributed by atoms with Crippen molar-refractivity contribution in [3.8, 4) is 5.75 Å². The van der Waals surface area contributed by atoms with E-state index in [-0.39, 0.29) is 11.1 Å². The first-order chi connectivity index (χ1) is 10.6. The van der Waals surface area contributed by atoms with Gasteiger partial charge in [0.15, 0.2) is 0 Å². The molecule has 0 heterocycles. The first kappa shape index (κ1) is 18.0. The van der Waals surface area contributed by atoms with Gasteiger partial charge in [-0.3, -0.25) is 0 Å². The van der Waals surface area contributed by atoms with Crippen LogP contribution in [0.3, 0.4) is 0 Å². The number of hydrogen-bond acceptors (Lipinski definition) is 4. The van der Waals surface area contributed by atoms with Gasteiger partial charge in [0, 0.05) is 0 Å². The molecule has 0 saturated carbocycles. The number of ether oxygens (including phenoxy) is 2. The molecular weight excluding hydrogens is 284 g/mol. The van der Waals surface area contributed by atoms with E-state index in [0.717, 1.165) is 12.8 Å². The second-order valence-electron chi connectivity index (χ2n) is 5.12. The fraction of sp³-hybridized carbons (Fsp3) is 0.529. The molecule has 0 spiro atoms. The molecule has 0 amide bonds. The normalized spacial score (nSPS) is 10.3. The maximum atomic E-state index is 11.6. The predicted molar refractivity (Wildman–Crippen MR) is 83.6 cm³/mol. The number of carboxylic acid groups (broad SMARTS) is 1. The van der Waals surface area contributed by atoms with Crippen LogP contribution >= 0.6 is 0 Å². The highest BCUT2D eigenvalue weighted by Gasteiger charge is 2.18. The van der Waals surface area contributed by atoms with Crippen LogP contribution < -0.4 is 4.74 Å². The Labute approximate surface area is 131 Å². The van der Waals surface area contributed by atoms with Gasteiger partial charge in [-0.25, -0.2) is 9.59 Å². The zero-order valence-corrected chi connectivity index (χ0v) is 13.3. The molecule has 22 heavy (non-hydrogen) atoms. The molecule has 0 saturated heterocycles. The number of unbranched alkanes of at least 4 members (excludes halogenated alkanes) is 5. The molecule has 1 aromatic rings. The highest BCUT2D eigenvalue weighted by Crippen LogP contribution is 2.19. The van der Waals surface area contributed by atoms with Gasteiger partial charge in [0.05, 0.1) is 24.8 Å². The molecule has 0 aliphatic rings. The standard InChI is InChI=1S/C17H24O5/c1-3-4-5-6-7-8-11-22-13-9-10-14(16(18)19)15(12-13)17(20)21-2/h9-10,12H,3-8,11H2,1-2H3,(H,18,19). The number of rotatable bonds is 10. The molecule has 1 aromatic carbocycles. The number of carbonyl (C=O) groups excluding carboxylic acids is 1. The molecule has 0 aliphatic carbocycles. The largest absolute Gasteiger partial charge is 0.494 e. The summed E-state index contributed by atoms with van der Waals surface area (Å²) in [4.78, 5) is 22.7. The fourth-order valence-electron chi connectivity index (χ4n) is 2.15. The lowest BCUT2D eigenvalue weighted by atomic mass is 10.1. The Morgan fingerprint density at radius 3 is 2.36 bits per heavy atom. The summed E-state index contributed by atoms with van der Waals surface area (Å²) in [6.45, 7) is 2.74. The molecule has 0 aliphatic heterocycles. The van der Waals surface area contributed by atoms with Crippen LogP contribution in [0.15, 0.2) is 18.2 Å². The molecule has 5 nitrogen and oxygen atoms in total. The van der Waals surface area contributed by atoms with E-state index in [1.165, 1.54) is 44.9 Å². The summed E-state index contributed by atoms with van der Waals surface area (Å²) >= 11 is 0. The zero-order chi connectivity index (χ0) is 16.4. The monoisotopic (exact) mass is 308 g/mol. The number of hydrogen-bond donors (Lipinski definition) is 1. The van der Waals surface area contributed by atoms with E-state index in [9.17, 15) is 9.59 Å². The minimum atomic E-state index is -1.16. The minimum absolute atomic E-state index is 0.00967. The SMILES string of the molecule is CCCCCCCCOc1ccc(C(=O)O)c(C(=O)OC)c1. The van der Waals surface area contributed by atoms with Gasteiger partial charge in [-0.1, -0.05) is 39.0 Å². The van der Waals surface area contributed by atoms with Gasteiger partial charge in [0.25, 0.3) is 0 Å². The van der Waals surface area contributed by atoms with E-state index in [2.05, 4.69) is 11.7 Å². The Morgan fingerprint density at radius 2 is 1.73 bits per heavy atom. The van der Waals surface area contributed by atoms with Crippen LogP contribution in [0.1, 0.15) is 66.2 Å². The van der Waals surface area contributed by atoms with Gasteiger partial charge in [-0.15, -0.1) is 0 Å². The highest BCUT2D eigenvalue weighted by atomic mass is 16.5. The number of esters is 1. The van der Waals surface area contributed by atoms with Crippen molar-refractivity contribution in [3.63, 3.8) is 0 Å². The van der Waals surface area contributed by atoms with Crippen molar-refractivity contribution < 1.29 is 24.2 Å². The second-order valence-corrected chi connectivity index (χ2v) is 5.12. The number of carboxylic acids is 1. The highest BCUT2D eigenvalue weighted by molar-refractivity contribution is 6.02. The maximum absolute atomic E-state index is 11.6. The van der Waals surface area contributed by atoms with E-state index in [0.29, 0.717) is 12.4 Å². The molecule has 1 N–H and O–H groups in total. The minimum Gasteiger partial charge on any atom is -0.494 e. The Balaban J connectivity index is 2.54. The van der Waals surface area contributed by atoms with Crippen molar-refractivity contribution in [1.29, 1.82) is 0 Å². The number of methoxy groups -OCH3 is 1. The smallest absolute Gasteiger partial charge is 0.338 e. The van der Waals surface area contributed by atoms with Crippen molar-refractivity contribution in [2.45, 2.75) is 45.4 Å². The summed E-state index contributed by atoms with van der Waals surface area (Å²) in [5, 5.41) is 9.07. The lowest BCUT2D eigenvalue weighted by Crippen LogP contribution is -2.10. The molecule has 122 valence electrons. The molecule has 0 fully saturated rings. The van der Waals surface area contributed by atoms with Crippen LogP contribution in [-0.4, -0.2) is 30.8 Å². The summed E-state index contributed by atoms with van der Waals surface area (Å²) < 4.78 is 10.2. The molecule has 0 atom stereocenters. The van der Waals surface area contributed by atoms with Crippen molar-refractivity contribution in [2.24, 2.45) is 0 Å². The summed E-state index contributed by atoms with van der Waals surface area (Å²) in [7, 11) is 1.22. The number of carbonyl (C=O) groups is 2. The van der Waals surface area contributed by atoms with E-state index < -0.39 is 11.9 Å². The average molecular weight is 308 g/mol. The van der Waals surface area contributed by atoms with Crippen LogP contribution in [0.4, 0.5) is 0 Å². The quantitative estimate of drug-likeness (QED) is 0.524. The van der Waals surface area contributed by atoms with Gasteiger partial charge in [0.2, 0.25) is 0 Å². The Morgan fingerprint density at radius 1 is 1.05 bits per heavy atom. The third kappa shape index (κ3) is 5.76. The van der Waals surface area contributed by atoms with E-state index in [1.54, 1.807) is 6.07 Å². The fourth-order valence-corrected chi connectivity index (χ4v) is 2.15. The summed E-state index contributed by atoms with van der Waals surface area (Å²) in [6, 6.07) is 4.35. The van der Waals surface area contributed by atoms with Crippen LogP contribution in [0, 0.1) is 0 Å². The van der Waals surface area contributed by atoms with Crippen molar-refractivity contribution in [2.75, 3.05) is 13.7 Å². The zero-order valence-electron chi connectivity index (χ0n) is 13.3. The molecule has 5 heteroatoms. The Kier molecular flexibility index (Phi) is 8.04. The maximum Gasteiger partial charge on any atom is 0.338 e. The topological polar surface area (TPSA) is 72.8 Å². The van der Waals surface area contributed by atoms with Crippen LogP contribution in [0.2, 0.25) is 0 Å². The lowest BCUT2D eigenvalue weighted by Gasteiger charge is -2.09. The van der Waals surface area contributed by atoms with E-state index in [1.807, 2.05) is 0 Å². The molecule has 0 unspecified atom stereocenters. The van der Waals surface area contributed by atoms with Gasteiger partial charge in [-0.2, -0.15) is 0 Å². The van der Waals surface area contributed by atoms with Crippen LogP contribution in [-0.2, 0) is 4.74 Å². The Bertz CT molecular complexity index is 496. The number of benzene rings is 1. The van der Waals surface area contributed by atoms with Gasteiger partial charge in [-0.05, 0) is 24.6 Å². The van der Waals surface area contributed by atoms with Gasteiger partial charge in [0.1, 0.15) is 5.75 Å². The third-order valence-corrected chi connectivity index (χ3v) is 3.39. The average Bonchev–Trinajstić information content (AvgIpc) is 2.52. The lowest BCUT2D eigenvalue weighted by molar-refractivity contribution is 0.0582. The van der Waals surface area contributed by atoms with E-state index >= 15 is 0 Å².